The number of hydrogen-bond acceptors (Lipinski definition) is 3. The van der Waals surface area contributed by atoms with Crippen LogP contribution in [0.1, 0.15) is 25.7 Å². The normalized spacial score (nSPS) is 33.9. The standard InChI is InChI=1S/C10H20N2O/c11-5-1-6-12-9-4-7-13-10(9)8-2-3-8/h8-10,12H,1-7,11H2. The molecule has 0 amide bonds. The Hall–Kier alpha value is -0.120. The van der Waals surface area contributed by atoms with Gasteiger partial charge in [-0.25, -0.2) is 0 Å². The first-order valence-electron chi connectivity index (χ1n) is 5.47. The highest BCUT2D eigenvalue weighted by Gasteiger charge is 2.40. The van der Waals surface area contributed by atoms with Gasteiger partial charge in [0.2, 0.25) is 0 Å². The molecule has 1 aliphatic carbocycles. The summed E-state index contributed by atoms with van der Waals surface area (Å²) in [7, 11) is 0. The third-order valence-electron chi connectivity index (χ3n) is 3.01. The van der Waals surface area contributed by atoms with Gasteiger partial charge < -0.3 is 15.8 Å². The Morgan fingerprint density at radius 3 is 2.85 bits per heavy atom. The second-order valence-corrected chi connectivity index (χ2v) is 4.16. The van der Waals surface area contributed by atoms with Crippen molar-refractivity contribution in [2.45, 2.75) is 37.8 Å². The molecule has 1 saturated carbocycles. The van der Waals surface area contributed by atoms with Gasteiger partial charge in [-0.15, -0.1) is 0 Å². The van der Waals surface area contributed by atoms with E-state index in [-0.39, 0.29) is 0 Å². The predicted octanol–water partition coefficient (Wildman–Crippen LogP) is 0.492. The summed E-state index contributed by atoms with van der Waals surface area (Å²) in [5.41, 5.74) is 5.45. The molecule has 2 fully saturated rings. The molecule has 76 valence electrons. The highest BCUT2D eigenvalue weighted by Crippen LogP contribution is 2.38. The van der Waals surface area contributed by atoms with Crippen molar-refractivity contribution in [3.8, 4) is 0 Å². The molecule has 0 spiro atoms. The zero-order valence-corrected chi connectivity index (χ0v) is 8.17. The van der Waals surface area contributed by atoms with Gasteiger partial charge in [-0.2, -0.15) is 0 Å². The molecule has 0 bridgehead atoms. The van der Waals surface area contributed by atoms with Crippen LogP contribution in [0.5, 0.6) is 0 Å². The van der Waals surface area contributed by atoms with Gasteiger partial charge in [0, 0.05) is 12.6 Å². The fourth-order valence-corrected chi connectivity index (χ4v) is 2.11. The van der Waals surface area contributed by atoms with Gasteiger partial charge in [0.05, 0.1) is 6.10 Å². The Balaban J connectivity index is 1.70. The molecule has 3 N–H and O–H groups in total. The van der Waals surface area contributed by atoms with Crippen LogP contribution in [0.25, 0.3) is 0 Å². The van der Waals surface area contributed by atoms with Crippen molar-refractivity contribution in [2.75, 3.05) is 19.7 Å². The average molecular weight is 184 g/mol. The van der Waals surface area contributed by atoms with Crippen molar-refractivity contribution < 1.29 is 4.74 Å². The van der Waals surface area contributed by atoms with Crippen molar-refractivity contribution in [3.63, 3.8) is 0 Å². The quantitative estimate of drug-likeness (QED) is 0.611. The van der Waals surface area contributed by atoms with E-state index in [1.54, 1.807) is 0 Å². The molecule has 3 nitrogen and oxygen atoms in total. The Labute approximate surface area is 80.0 Å². The zero-order chi connectivity index (χ0) is 9.10. The lowest BCUT2D eigenvalue weighted by Crippen LogP contribution is -2.38. The Bertz CT molecular complexity index is 159. The number of nitrogens with one attached hydrogen (secondary N) is 1. The van der Waals surface area contributed by atoms with Crippen LogP contribution >= 0.6 is 0 Å². The van der Waals surface area contributed by atoms with E-state index < -0.39 is 0 Å². The van der Waals surface area contributed by atoms with E-state index >= 15 is 0 Å². The number of rotatable bonds is 5. The summed E-state index contributed by atoms with van der Waals surface area (Å²) in [5.74, 6) is 0.859. The molecule has 1 saturated heterocycles. The van der Waals surface area contributed by atoms with Gasteiger partial charge in [0.25, 0.3) is 0 Å². The van der Waals surface area contributed by atoms with Crippen molar-refractivity contribution in [2.24, 2.45) is 11.7 Å². The monoisotopic (exact) mass is 184 g/mol. The molecule has 2 aliphatic rings. The molecule has 13 heavy (non-hydrogen) atoms. The summed E-state index contributed by atoms with van der Waals surface area (Å²) >= 11 is 0. The highest BCUT2D eigenvalue weighted by atomic mass is 16.5. The topological polar surface area (TPSA) is 47.3 Å². The molecule has 1 aliphatic heterocycles. The lowest BCUT2D eigenvalue weighted by atomic mass is 10.1. The first-order valence-corrected chi connectivity index (χ1v) is 5.47. The fraction of sp³-hybridized carbons (Fsp3) is 1.00. The first kappa shape index (κ1) is 9.44. The Morgan fingerprint density at radius 2 is 2.15 bits per heavy atom. The van der Waals surface area contributed by atoms with Crippen molar-refractivity contribution in [3.05, 3.63) is 0 Å². The van der Waals surface area contributed by atoms with E-state index in [4.69, 9.17) is 10.5 Å². The highest BCUT2D eigenvalue weighted by molar-refractivity contribution is 4.93. The van der Waals surface area contributed by atoms with E-state index in [0.29, 0.717) is 12.1 Å². The number of ether oxygens (including phenoxy) is 1. The van der Waals surface area contributed by atoms with Gasteiger partial charge in [-0.1, -0.05) is 0 Å². The summed E-state index contributed by atoms with van der Waals surface area (Å²) < 4.78 is 5.73. The van der Waals surface area contributed by atoms with Crippen LogP contribution in [0, 0.1) is 5.92 Å². The van der Waals surface area contributed by atoms with Gasteiger partial charge in [-0.3, -0.25) is 0 Å². The van der Waals surface area contributed by atoms with Gasteiger partial charge in [0.1, 0.15) is 0 Å². The van der Waals surface area contributed by atoms with Crippen molar-refractivity contribution in [1.82, 2.24) is 5.32 Å². The van der Waals surface area contributed by atoms with Crippen molar-refractivity contribution in [1.29, 1.82) is 0 Å². The first-order chi connectivity index (χ1) is 6.42. The maximum absolute atomic E-state index is 5.73. The smallest absolute Gasteiger partial charge is 0.0756 e. The SMILES string of the molecule is NCCCNC1CCOC1C1CC1. The summed E-state index contributed by atoms with van der Waals surface area (Å²) in [4.78, 5) is 0. The van der Waals surface area contributed by atoms with Gasteiger partial charge in [0.15, 0.2) is 0 Å². The van der Waals surface area contributed by atoms with Crippen LogP contribution in [0.3, 0.4) is 0 Å². The number of hydrogen-bond donors (Lipinski definition) is 2. The average Bonchev–Trinajstić information content (AvgIpc) is 2.88. The van der Waals surface area contributed by atoms with Crippen LogP contribution in [0.4, 0.5) is 0 Å². The predicted molar refractivity (Wildman–Crippen MR) is 52.5 cm³/mol. The Kier molecular flexibility index (Phi) is 3.19. The molecule has 3 heteroatoms. The second kappa shape index (κ2) is 4.40. The van der Waals surface area contributed by atoms with Crippen LogP contribution in [-0.4, -0.2) is 31.8 Å². The van der Waals surface area contributed by atoms with Crippen LogP contribution in [-0.2, 0) is 4.74 Å². The van der Waals surface area contributed by atoms with Crippen LogP contribution in [0.15, 0.2) is 0 Å². The molecule has 0 aromatic heterocycles. The lowest BCUT2D eigenvalue weighted by molar-refractivity contribution is 0.0812. The zero-order valence-electron chi connectivity index (χ0n) is 8.17. The third-order valence-corrected chi connectivity index (χ3v) is 3.01. The third kappa shape index (κ3) is 2.42. The van der Waals surface area contributed by atoms with Crippen LogP contribution in [0.2, 0.25) is 0 Å². The van der Waals surface area contributed by atoms with E-state index in [1.807, 2.05) is 0 Å². The van der Waals surface area contributed by atoms with E-state index in [9.17, 15) is 0 Å². The largest absolute Gasteiger partial charge is 0.376 e. The summed E-state index contributed by atoms with van der Waals surface area (Å²) in [6.07, 6.45) is 5.52. The summed E-state index contributed by atoms with van der Waals surface area (Å²) in [5, 5.41) is 3.55. The molecule has 0 aromatic rings. The van der Waals surface area contributed by atoms with E-state index in [2.05, 4.69) is 5.32 Å². The molecule has 2 rings (SSSR count). The second-order valence-electron chi connectivity index (χ2n) is 4.16. The molecular weight excluding hydrogens is 164 g/mol. The van der Waals surface area contributed by atoms with Crippen molar-refractivity contribution >= 4 is 0 Å². The summed E-state index contributed by atoms with van der Waals surface area (Å²) in [6.45, 7) is 2.78. The molecular formula is C10H20N2O. The van der Waals surface area contributed by atoms with E-state index in [1.165, 1.54) is 19.3 Å². The van der Waals surface area contributed by atoms with Gasteiger partial charge in [-0.05, 0) is 44.7 Å². The minimum Gasteiger partial charge on any atom is -0.376 e. The molecule has 2 unspecified atom stereocenters. The number of nitrogens with two attached hydrogens (primary N) is 1. The lowest BCUT2D eigenvalue weighted by Gasteiger charge is -2.19. The Morgan fingerprint density at radius 1 is 1.31 bits per heavy atom. The molecule has 1 heterocycles. The minimum absolute atomic E-state index is 0.512. The fourth-order valence-electron chi connectivity index (χ4n) is 2.11. The van der Waals surface area contributed by atoms with Gasteiger partial charge >= 0.3 is 0 Å². The molecule has 0 radical (unpaired) electrons. The molecule has 2 atom stereocenters. The maximum atomic E-state index is 5.73. The molecule has 0 aromatic carbocycles. The minimum atomic E-state index is 0.512. The van der Waals surface area contributed by atoms with Crippen LogP contribution < -0.4 is 11.1 Å². The summed E-state index contributed by atoms with van der Waals surface area (Å²) in [6, 6.07) is 0.610. The van der Waals surface area contributed by atoms with E-state index in [0.717, 1.165) is 32.0 Å². The maximum Gasteiger partial charge on any atom is 0.0756 e.